The number of anilines is 1. The molecule has 25 heavy (non-hydrogen) atoms. The van der Waals surface area contributed by atoms with Gasteiger partial charge in [0.2, 0.25) is 0 Å². The summed E-state index contributed by atoms with van der Waals surface area (Å²) in [5.74, 6) is -1.60. The Morgan fingerprint density at radius 2 is 1.72 bits per heavy atom. The first-order valence-corrected chi connectivity index (χ1v) is 8.47. The van der Waals surface area contributed by atoms with Gasteiger partial charge in [-0.2, -0.15) is 0 Å². The third-order valence-corrected chi connectivity index (χ3v) is 4.75. The van der Waals surface area contributed by atoms with E-state index >= 15 is 0 Å². The number of rotatable bonds is 5. The zero-order valence-corrected chi connectivity index (χ0v) is 14.1. The Bertz CT molecular complexity index is 783. The van der Waals surface area contributed by atoms with Crippen LogP contribution in [-0.2, 0) is 21.4 Å². The molecule has 2 aromatic rings. The van der Waals surface area contributed by atoms with Crippen LogP contribution in [0.2, 0.25) is 0 Å². The first-order chi connectivity index (χ1) is 12.0. The van der Waals surface area contributed by atoms with E-state index < -0.39 is 11.8 Å². The van der Waals surface area contributed by atoms with Crippen LogP contribution in [-0.4, -0.2) is 18.4 Å². The summed E-state index contributed by atoms with van der Waals surface area (Å²) in [5, 5.41) is 5.38. The van der Waals surface area contributed by atoms with E-state index in [-0.39, 0.29) is 11.2 Å². The van der Waals surface area contributed by atoms with Crippen molar-refractivity contribution in [2.24, 2.45) is 0 Å². The van der Waals surface area contributed by atoms with Gasteiger partial charge in [-0.25, -0.2) is 4.39 Å². The van der Waals surface area contributed by atoms with Crippen molar-refractivity contribution in [1.29, 1.82) is 0 Å². The topological polar surface area (TPSA) is 58.2 Å². The summed E-state index contributed by atoms with van der Waals surface area (Å²) in [5.41, 5.74) is 2.45. The Hall–Kier alpha value is -2.69. The SMILES string of the molecule is CCc1ccccc1NC(=O)C(=O)NCC1(c2ccc(F)cc2)CC1. The zero-order chi connectivity index (χ0) is 17.9. The second-order valence-electron chi connectivity index (χ2n) is 6.43. The molecule has 0 heterocycles. The second-order valence-corrected chi connectivity index (χ2v) is 6.43. The van der Waals surface area contributed by atoms with Crippen LogP contribution in [0.4, 0.5) is 10.1 Å². The number of hydrogen-bond acceptors (Lipinski definition) is 2. The first kappa shape index (κ1) is 17.1. The minimum absolute atomic E-state index is 0.176. The highest BCUT2D eigenvalue weighted by atomic mass is 19.1. The lowest BCUT2D eigenvalue weighted by Gasteiger charge is -2.16. The van der Waals surface area contributed by atoms with Gasteiger partial charge in [0.05, 0.1) is 0 Å². The summed E-state index contributed by atoms with van der Waals surface area (Å²) in [4.78, 5) is 24.3. The van der Waals surface area contributed by atoms with E-state index in [4.69, 9.17) is 0 Å². The van der Waals surface area contributed by atoms with Gasteiger partial charge in [-0.3, -0.25) is 9.59 Å². The highest BCUT2D eigenvalue weighted by Gasteiger charge is 2.44. The van der Waals surface area contributed by atoms with Crippen LogP contribution in [0.15, 0.2) is 48.5 Å². The van der Waals surface area contributed by atoms with E-state index in [1.54, 1.807) is 18.2 Å². The van der Waals surface area contributed by atoms with Crippen molar-refractivity contribution in [1.82, 2.24) is 5.32 Å². The number of carbonyl (C=O) groups excluding carboxylic acids is 2. The van der Waals surface area contributed by atoms with Crippen molar-refractivity contribution in [3.8, 4) is 0 Å². The molecule has 0 saturated heterocycles. The molecule has 1 aliphatic rings. The summed E-state index contributed by atoms with van der Waals surface area (Å²) in [6.07, 6.45) is 2.60. The summed E-state index contributed by atoms with van der Waals surface area (Å²) >= 11 is 0. The van der Waals surface area contributed by atoms with Crippen LogP contribution in [0.5, 0.6) is 0 Å². The predicted octanol–water partition coefficient (Wildman–Crippen LogP) is 3.17. The van der Waals surface area contributed by atoms with E-state index in [0.717, 1.165) is 30.4 Å². The molecule has 2 amide bonds. The molecule has 0 aliphatic heterocycles. The van der Waals surface area contributed by atoms with E-state index in [1.807, 2.05) is 25.1 Å². The molecule has 2 N–H and O–H groups in total. The van der Waals surface area contributed by atoms with Crippen molar-refractivity contribution < 1.29 is 14.0 Å². The lowest BCUT2D eigenvalue weighted by atomic mass is 9.96. The van der Waals surface area contributed by atoms with E-state index in [9.17, 15) is 14.0 Å². The number of benzene rings is 2. The lowest BCUT2D eigenvalue weighted by molar-refractivity contribution is -0.136. The maximum absolute atomic E-state index is 13.1. The molecule has 1 fully saturated rings. The molecule has 2 aromatic carbocycles. The highest BCUT2D eigenvalue weighted by Crippen LogP contribution is 2.47. The maximum atomic E-state index is 13.1. The third-order valence-electron chi connectivity index (χ3n) is 4.75. The van der Waals surface area contributed by atoms with Crippen LogP contribution >= 0.6 is 0 Å². The normalized spacial score (nSPS) is 14.6. The number of amides is 2. The molecular formula is C20H21FN2O2. The zero-order valence-electron chi connectivity index (χ0n) is 14.1. The molecule has 0 bridgehead atoms. The molecular weight excluding hydrogens is 319 g/mol. The van der Waals surface area contributed by atoms with Crippen molar-refractivity contribution >= 4 is 17.5 Å². The summed E-state index contributed by atoms with van der Waals surface area (Å²) in [6, 6.07) is 13.7. The fraction of sp³-hybridized carbons (Fsp3) is 0.300. The molecule has 0 atom stereocenters. The standard InChI is InChI=1S/C20H21FN2O2/c1-2-14-5-3-4-6-17(14)23-19(25)18(24)22-13-20(11-12-20)15-7-9-16(21)10-8-15/h3-10H,2,11-13H2,1H3,(H,22,24)(H,23,25). The molecule has 3 rings (SSSR count). The van der Waals surface area contributed by atoms with Crippen LogP contribution in [0.3, 0.4) is 0 Å². The Labute approximate surface area is 146 Å². The van der Waals surface area contributed by atoms with Gasteiger partial charge in [0.25, 0.3) is 0 Å². The maximum Gasteiger partial charge on any atom is 0.313 e. The van der Waals surface area contributed by atoms with E-state index in [1.165, 1.54) is 12.1 Å². The van der Waals surface area contributed by atoms with Crippen molar-refractivity contribution in [3.05, 3.63) is 65.5 Å². The van der Waals surface area contributed by atoms with Gasteiger partial charge in [-0.1, -0.05) is 37.3 Å². The smallest absolute Gasteiger partial charge is 0.313 e. The molecule has 1 aliphatic carbocycles. The van der Waals surface area contributed by atoms with Gasteiger partial charge in [0.1, 0.15) is 5.82 Å². The van der Waals surface area contributed by atoms with Crippen LogP contribution in [0.25, 0.3) is 0 Å². The number of aryl methyl sites for hydroxylation is 1. The molecule has 0 unspecified atom stereocenters. The number of para-hydroxylation sites is 1. The molecule has 130 valence electrons. The Kier molecular flexibility index (Phi) is 4.83. The molecule has 0 radical (unpaired) electrons. The van der Waals surface area contributed by atoms with Crippen molar-refractivity contribution in [2.45, 2.75) is 31.6 Å². The largest absolute Gasteiger partial charge is 0.347 e. The Morgan fingerprint density at radius 1 is 1.04 bits per heavy atom. The molecule has 4 nitrogen and oxygen atoms in total. The van der Waals surface area contributed by atoms with Crippen molar-refractivity contribution in [3.63, 3.8) is 0 Å². The van der Waals surface area contributed by atoms with Crippen molar-refractivity contribution in [2.75, 3.05) is 11.9 Å². The summed E-state index contributed by atoms with van der Waals surface area (Å²) in [6.45, 7) is 2.37. The van der Waals surface area contributed by atoms with Crippen LogP contribution < -0.4 is 10.6 Å². The summed E-state index contributed by atoms with van der Waals surface area (Å²) < 4.78 is 13.1. The van der Waals surface area contributed by atoms with E-state index in [2.05, 4.69) is 10.6 Å². The molecule has 0 aromatic heterocycles. The monoisotopic (exact) mass is 340 g/mol. The minimum Gasteiger partial charge on any atom is -0.347 e. The average Bonchev–Trinajstić information content (AvgIpc) is 3.41. The predicted molar refractivity (Wildman–Crippen MR) is 94.8 cm³/mol. The summed E-state index contributed by atoms with van der Waals surface area (Å²) in [7, 11) is 0. The first-order valence-electron chi connectivity index (χ1n) is 8.47. The fourth-order valence-corrected chi connectivity index (χ4v) is 2.98. The third kappa shape index (κ3) is 3.87. The minimum atomic E-state index is -0.671. The molecule has 0 spiro atoms. The van der Waals surface area contributed by atoms with Crippen LogP contribution in [0, 0.1) is 5.82 Å². The van der Waals surface area contributed by atoms with E-state index in [0.29, 0.717) is 12.2 Å². The quantitative estimate of drug-likeness (QED) is 0.822. The van der Waals surface area contributed by atoms with Gasteiger partial charge in [0.15, 0.2) is 0 Å². The molecule has 1 saturated carbocycles. The Balaban J connectivity index is 1.59. The molecule has 5 heteroatoms. The van der Waals surface area contributed by atoms with Gasteiger partial charge in [0, 0.05) is 17.6 Å². The van der Waals surface area contributed by atoms with Gasteiger partial charge in [-0.15, -0.1) is 0 Å². The second kappa shape index (κ2) is 7.05. The highest BCUT2D eigenvalue weighted by molar-refractivity contribution is 6.39. The number of halogens is 1. The van der Waals surface area contributed by atoms with Gasteiger partial charge < -0.3 is 10.6 Å². The number of nitrogens with one attached hydrogen (secondary N) is 2. The van der Waals surface area contributed by atoms with Crippen LogP contribution in [0.1, 0.15) is 30.9 Å². The van der Waals surface area contributed by atoms with Gasteiger partial charge >= 0.3 is 11.8 Å². The Morgan fingerprint density at radius 3 is 2.36 bits per heavy atom. The fourth-order valence-electron chi connectivity index (χ4n) is 2.98. The van der Waals surface area contributed by atoms with Gasteiger partial charge in [-0.05, 0) is 48.6 Å². The number of carbonyl (C=O) groups is 2. The lowest BCUT2D eigenvalue weighted by Crippen LogP contribution is -2.39. The average molecular weight is 340 g/mol. The number of hydrogen-bond donors (Lipinski definition) is 2.